The van der Waals surface area contributed by atoms with E-state index in [1.807, 2.05) is 18.2 Å². The maximum Gasteiger partial charge on any atom is 0.267 e. The zero-order chi connectivity index (χ0) is 45.6. The fraction of sp³-hybridized carbons (Fsp3) is 0.286. The van der Waals surface area contributed by atoms with E-state index in [0.29, 0.717) is 17.8 Å². The summed E-state index contributed by atoms with van der Waals surface area (Å²) in [7, 11) is -8.22. The van der Waals surface area contributed by atoms with Crippen LogP contribution in [-0.4, -0.2) is 71.5 Å². The molecule has 6 aromatic rings. The van der Waals surface area contributed by atoms with Crippen LogP contribution in [0.15, 0.2) is 125 Å². The second-order valence-electron chi connectivity index (χ2n) is 17.3. The molecule has 8 rings (SSSR count). The molecule has 15 heteroatoms. The van der Waals surface area contributed by atoms with Gasteiger partial charge in [-0.15, -0.1) is 10.2 Å². The zero-order valence-corrected chi connectivity index (χ0v) is 38.9. The van der Waals surface area contributed by atoms with Gasteiger partial charge in [-0.2, -0.15) is 13.0 Å². The molecule has 2 aliphatic heterocycles. The summed E-state index contributed by atoms with van der Waals surface area (Å²) in [6.45, 7) is 12.3. The van der Waals surface area contributed by atoms with Gasteiger partial charge < -0.3 is 4.90 Å². The number of carbonyl (C=O) groups is 1. The molecule has 0 fully saturated rings. The molecule has 12 nitrogen and oxygen atoms in total. The lowest BCUT2D eigenvalue weighted by Crippen LogP contribution is -2.28. The van der Waals surface area contributed by atoms with Crippen LogP contribution < -0.4 is 10.0 Å². The molecule has 0 saturated carbocycles. The summed E-state index contributed by atoms with van der Waals surface area (Å²) in [5, 5.41) is 17.5. The van der Waals surface area contributed by atoms with Gasteiger partial charge in [0.25, 0.3) is 20.1 Å². The molecule has 0 radical (unpaired) electrons. The van der Waals surface area contributed by atoms with Crippen molar-refractivity contribution < 1.29 is 30.8 Å². The minimum Gasteiger partial charge on any atom is -0.344 e. The number of sulfonamides is 1. The predicted molar refractivity (Wildman–Crippen MR) is 256 cm³/mol. The van der Waals surface area contributed by atoms with Crippen molar-refractivity contribution in [2.45, 2.75) is 75.5 Å². The van der Waals surface area contributed by atoms with Crippen LogP contribution in [0, 0.1) is 0 Å². The van der Waals surface area contributed by atoms with Crippen molar-refractivity contribution in [1.29, 1.82) is 0 Å². The number of Topliss-reactive ketones (excluding diaryl/α,β-unsaturated/α-hetero) is 1. The molecular formula is C49H51N6O6S3+. The Morgan fingerprint density at radius 2 is 1.55 bits per heavy atom. The lowest BCUT2D eigenvalue weighted by atomic mass is 9.79. The summed E-state index contributed by atoms with van der Waals surface area (Å²) < 4.78 is 59.1. The van der Waals surface area contributed by atoms with Gasteiger partial charge in [-0.1, -0.05) is 99.2 Å². The number of primary sulfonamides is 1. The topological polar surface area (TPSA) is 177 Å². The highest BCUT2D eigenvalue weighted by Gasteiger charge is 2.45. The minimum absolute atomic E-state index is 0.170. The number of fused-ring (bicyclic) bond motifs is 6. The molecule has 3 N–H and O–H groups in total. The monoisotopic (exact) mass is 915 g/mol. The molecule has 0 aliphatic carbocycles. The van der Waals surface area contributed by atoms with E-state index in [2.05, 4.69) is 133 Å². The SMILES string of the molecule is CCCC[N+]1=C(/C=C/C(=C/C=C2/N(CCCS(=O)(=O)O)c3ccc4ccccc4c3C2(C)C)c2ccc(C(=O)Cc3nnc(S(N)(=O)=O)s3)cn2)C(C)(C)c2c1ccc1ccccc21. The number of unbranched alkanes of at least 4 members (excludes halogenated alkanes) is 1. The second kappa shape index (κ2) is 17.3. The number of nitrogens with two attached hydrogens (primary N) is 1. The molecule has 0 saturated heterocycles. The number of nitrogens with zero attached hydrogens (tertiary/aromatic N) is 5. The Labute approximate surface area is 378 Å². The van der Waals surface area contributed by atoms with Crippen LogP contribution >= 0.6 is 11.3 Å². The number of hydrogen-bond acceptors (Lipinski definition) is 10. The van der Waals surface area contributed by atoms with Gasteiger partial charge in [-0.3, -0.25) is 14.3 Å². The van der Waals surface area contributed by atoms with Gasteiger partial charge >= 0.3 is 0 Å². The number of carbonyl (C=O) groups excluding carboxylic acids is 1. The number of rotatable bonds is 15. The summed E-state index contributed by atoms with van der Waals surface area (Å²) in [5.74, 6) is -0.677. The van der Waals surface area contributed by atoms with Crippen LogP contribution in [0.5, 0.6) is 0 Å². The standard InChI is InChI=1S/C49H50N6O6S3/c1-6-7-27-54-39-23-18-32-13-8-10-15-36(32)45(39)48(2,3)42(54)25-20-34(38-22-17-35(31-51-38)41(56)30-44-52-53-47(62-44)64(50,60)61)21-26-43-49(4,5)46-37-16-11-9-14-33(37)19-24-40(46)55(43)28-12-29-63(57,58)59/h8-11,13-26,31H,6-7,12,27-30H2,1-5H3,(H2-,50,57,58,59,60,61)/p+1. The van der Waals surface area contributed by atoms with Gasteiger partial charge in [0.1, 0.15) is 11.6 Å². The smallest absolute Gasteiger partial charge is 0.267 e. The first-order valence-electron chi connectivity index (χ1n) is 21.3. The number of hydrogen-bond donors (Lipinski definition) is 2. The quantitative estimate of drug-likeness (QED) is 0.0437. The molecule has 0 unspecified atom stereocenters. The van der Waals surface area contributed by atoms with E-state index in [1.54, 1.807) is 12.1 Å². The van der Waals surface area contributed by atoms with E-state index in [1.165, 1.54) is 28.2 Å². The number of ketones is 1. The molecule has 4 aromatic carbocycles. The van der Waals surface area contributed by atoms with Gasteiger partial charge in [0, 0.05) is 64.8 Å². The Bertz CT molecular complexity index is 3180. The molecule has 0 bridgehead atoms. The highest BCUT2D eigenvalue weighted by molar-refractivity contribution is 7.91. The van der Waals surface area contributed by atoms with Crippen molar-refractivity contribution in [3.05, 3.63) is 149 Å². The van der Waals surface area contributed by atoms with Crippen molar-refractivity contribution >= 4 is 81.5 Å². The zero-order valence-electron chi connectivity index (χ0n) is 36.4. The van der Waals surface area contributed by atoms with Gasteiger partial charge in [0.2, 0.25) is 10.0 Å². The highest BCUT2D eigenvalue weighted by Crippen LogP contribution is 2.51. The first-order chi connectivity index (χ1) is 30.4. The summed E-state index contributed by atoms with van der Waals surface area (Å²) in [6, 6.07) is 28.8. The van der Waals surface area contributed by atoms with Crippen LogP contribution in [0.2, 0.25) is 0 Å². The van der Waals surface area contributed by atoms with Crippen LogP contribution in [0.25, 0.3) is 27.1 Å². The molecule has 330 valence electrons. The maximum absolute atomic E-state index is 13.4. The molecule has 64 heavy (non-hydrogen) atoms. The van der Waals surface area contributed by atoms with E-state index in [9.17, 15) is 26.2 Å². The third-order valence-corrected chi connectivity index (χ3v) is 15.3. The van der Waals surface area contributed by atoms with Crippen molar-refractivity contribution in [1.82, 2.24) is 15.2 Å². The molecule has 2 aromatic heterocycles. The first-order valence-corrected chi connectivity index (χ1v) is 25.2. The van der Waals surface area contributed by atoms with Crippen molar-refractivity contribution in [2.24, 2.45) is 5.14 Å². The van der Waals surface area contributed by atoms with E-state index >= 15 is 0 Å². The Morgan fingerprint density at radius 3 is 2.19 bits per heavy atom. The Morgan fingerprint density at radius 1 is 0.859 bits per heavy atom. The van der Waals surface area contributed by atoms with E-state index in [-0.39, 0.29) is 39.1 Å². The lowest BCUT2D eigenvalue weighted by Gasteiger charge is -2.27. The third-order valence-electron chi connectivity index (χ3n) is 12.3. The fourth-order valence-electron chi connectivity index (χ4n) is 9.23. The Hall–Kier alpha value is -5.71. The average molecular weight is 916 g/mol. The minimum atomic E-state index is -4.18. The normalized spacial score (nSPS) is 16.7. The molecule has 2 aliphatic rings. The summed E-state index contributed by atoms with van der Waals surface area (Å²) in [5.41, 5.74) is 7.47. The number of benzene rings is 4. The van der Waals surface area contributed by atoms with Gasteiger partial charge in [0.15, 0.2) is 11.5 Å². The van der Waals surface area contributed by atoms with E-state index in [0.717, 1.165) is 69.7 Å². The Balaban J connectivity index is 1.24. The van der Waals surface area contributed by atoms with Crippen LogP contribution in [-0.2, 0) is 37.4 Å². The van der Waals surface area contributed by atoms with Crippen LogP contribution in [0.3, 0.4) is 0 Å². The second-order valence-corrected chi connectivity index (χ2v) is 21.7. The summed E-state index contributed by atoms with van der Waals surface area (Å²) in [6.07, 6.45) is 11.9. The number of pyridine rings is 1. The van der Waals surface area contributed by atoms with Gasteiger partial charge in [-0.05, 0) is 83.8 Å². The molecular weight excluding hydrogens is 865 g/mol. The largest absolute Gasteiger partial charge is 0.344 e. The fourth-order valence-corrected chi connectivity index (χ4v) is 11.2. The highest BCUT2D eigenvalue weighted by atomic mass is 32.2. The van der Waals surface area contributed by atoms with Crippen molar-refractivity contribution in [3.63, 3.8) is 0 Å². The van der Waals surface area contributed by atoms with Gasteiger partial charge in [0.05, 0.1) is 23.3 Å². The Kier molecular flexibility index (Phi) is 12.2. The maximum atomic E-state index is 13.4. The van der Waals surface area contributed by atoms with Gasteiger partial charge in [-0.25, -0.2) is 13.6 Å². The number of allylic oxidation sites excluding steroid dienone is 6. The van der Waals surface area contributed by atoms with Crippen LogP contribution in [0.4, 0.5) is 11.4 Å². The van der Waals surface area contributed by atoms with E-state index < -0.39 is 25.6 Å². The number of aromatic nitrogens is 3. The lowest BCUT2D eigenvalue weighted by molar-refractivity contribution is -0.438. The van der Waals surface area contributed by atoms with Crippen LogP contribution in [0.1, 0.15) is 86.1 Å². The molecule has 0 spiro atoms. The summed E-state index contributed by atoms with van der Waals surface area (Å²) in [4.78, 5) is 20.4. The first kappa shape index (κ1) is 44.9. The summed E-state index contributed by atoms with van der Waals surface area (Å²) >= 11 is 0.757. The van der Waals surface area contributed by atoms with Crippen molar-refractivity contribution in [2.75, 3.05) is 23.7 Å². The molecule has 0 amide bonds. The third kappa shape index (κ3) is 8.74. The molecule has 0 atom stereocenters. The van der Waals surface area contributed by atoms with E-state index in [4.69, 9.17) is 10.1 Å². The number of anilines is 1. The molecule has 4 heterocycles. The predicted octanol–water partition coefficient (Wildman–Crippen LogP) is 9.09. The van der Waals surface area contributed by atoms with Crippen molar-refractivity contribution in [3.8, 4) is 0 Å². The average Bonchev–Trinajstić information content (AvgIpc) is 3.88.